The number of hydrogen-bond acceptors (Lipinski definition) is 8. The molecule has 6 rings (SSSR count). The molecule has 3 aliphatic heterocycles. The summed E-state index contributed by atoms with van der Waals surface area (Å²) in [6.45, 7) is 3.38. The highest BCUT2D eigenvalue weighted by molar-refractivity contribution is 5.96. The number of nitrogens with zero attached hydrogens (tertiary/aromatic N) is 6. The van der Waals surface area contributed by atoms with Crippen LogP contribution in [0.5, 0.6) is 0 Å². The van der Waals surface area contributed by atoms with Crippen LogP contribution in [0.3, 0.4) is 0 Å². The molecule has 0 bridgehead atoms. The average molecular weight is 513 g/mol. The van der Waals surface area contributed by atoms with Gasteiger partial charge in [-0.05, 0) is 24.6 Å². The van der Waals surface area contributed by atoms with Crippen LogP contribution < -0.4 is 4.90 Å². The Balaban J connectivity index is 1.47. The van der Waals surface area contributed by atoms with Crippen LogP contribution in [0.4, 0.5) is 5.82 Å². The molecule has 0 amide bonds. The number of hydrogen-bond donors (Lipinski definition) is 1. The van der Waals surface area contributed by atoms with Gasteiger partial charge in [0.25, 0.3) is 0 Å². The molecule has 2 aromatic heterocycles. The Hall–Kier alpha value is -4.28. The van der Waals surface area contributed by atoms with E-state index in [1.165, 1.54) is 6.20 Å². The highest BCUT2D eigenvalue weighted by Gasteiger charge is 2.31. The fourth-order valence-electron chi connectivity index (χ4n) is 4.97. The molecule has 194 valence electrons. The summed E-state index contributed by atoms with van der Waals surface area (Å²) in [5.74, 6) is 1.03. The van der Waals surface area contributed by atoms with Crippen molar-refractivity contribution in [3.8, 4) is 22.6 Å². The first-order chi connectivity index (χ1) is 18.5. The summed E-state index contributed by atoms with van der Waals surface area (Å²) >= 11 is 0. The van der Waals surface area contributed by atoms with Crippen molar-refractivity contribution in [1.29, 1.82) is 0 Å². The summed E-state index contributed by atoms with van der Waals surface area (Å²) < 4.78 is 14.4. The SMILES string of the molecule is CCOC(=O)c1cnn2c(N(C)Cc3ccccc3)cc(-c3cnc4n(C5COC[C@@H]5O)cccc3-4)nc12. The van der Waals surface area contributed by atoms with Crippen LogP contribution in [0.25, 0.3) is 28.3 Å². The Labute approximate surface area is 219 Å². The van der Waals surface area contributed by atoms with Crippen molar-refractivity contribution < 1.29 is 19.4 Å². The van der Waals surface area contributed by atoms with Gasteiger partial charge < -0.3 is 24.0 Å². The topological polar surface area (TPSA) is 107 Å². The minimum absolute atomic E-state index is 0.213. The first-order valence-electron chi connectivity index (χ1n) is 12.6. The van der Waals surface area contributed by atoms with Gasteiger partial charge in [-0.15, -0.1) is 0 Å². The maximum Gasteiger partial charge on any atom is 0.343 e. The maximum atomic E-state index is 12.7. The van der Waals surface area contributed by atoms with Gasteiger partial charge in [0.15, 0.2) is 5.65 Å². The van der Waals surface area contributed by atoms with Gasteiger partial charge in [0.1, 0.15) is 23.3 Å². The van der Waals surface area contributed by atoms with Gasteiger partial charge in [0.2, 0.25) is 0 Å². The maximum absolute atomic E-state index is 12.7. The molecule has 1 fully saturated rings. The molecule has 10 heteroatoms. The number of rotatable bonds is 7. The Morgan fingerprint density at radius 3 is 2.76 bits per heavy atom. The quantitative estimate of drug-likeness (QED) is 0.331. The van der Waals surface area contributed by atoms with Gasteiger partial charge >= 0.3 is 5.97 Å². The Morgan fingerprint density at radius 2 is 2.00 bits per heavy atom. The van der Waals surface area contributed by atoms with E-state index in [1.54, 1.807) is 17.6 Å². The van der Waals surface area contributed by atoms with Crippen molar-refractivity contribution in [3.05, 3.63) is 78.2 Å². The second kappa shape index (κ2) is 9.88. The van der Waals surface area contributed by atoms with Gasteiger partial charge in [-0.25, -0.2) is 14.8 Å². The third-order valence-corrected chi connectivity index (χ3v) is 6.86. The third-order valence-electron chi connectivity index (χ3n) is 6.86. The molecule has 3 aliphatic rings. The van der Waals surface area contributed by atoms with E-state index in [1.807, 2.05) is 54.2 Å². The largest absolute Gasteiger partial charge is 0.462 e. The number of carbonyl (C=O) groups is 1. The second-order valence-corrected chi connectivity index (χ2v) is 9.35. The average Bonchev–Trinajstić information content (AvgIpc) is 3.66. The van der Waals surface area contributed by atoms with E-state index in [4.69, 9.17) is 19.4 Å². The van der Waals surface area contributed by atoms with E-state index in [0.29, 0.717) is 36.7 Å². The van der Waals surface area contributed by atoms with Crippen LogP contribution in [-0.2, 0) is 16.0 Å². The van der Waals surface area contributed by atoms with Gasteiger partial charge in [0, 0.05) is 43.2 Å². The van der Waals surface area contributed by atoms with Crippen LogP contribution in [-0.4, -0.2) is 68.2 Å². The lowest BCUT2D eigenvalue weighted by atomic mass is 10.1. The molecular weight excluding hydrogens is 484 g/mol. The summed E-state index contributed by atoms with van der Waals surface area (Å²) in [7, 11) is 1.98. The number of pyridine rings is 1. The number of ether oxygens (including phenoxy) is 2. The number of esters is 1. The van der Waals surface area contributed by atoms with Crippen LogP contribution in [0.1, 0.15) is 28.9 Å². The predicted octanol–water partition coefficient (Wildman–Crippen LogP) is 3.44. The standard InChI is InChI=1S/C28H28N6O4/c1-3-38-28(36)21-14-30-34-25(32(2)15-18-8-5-4-6-9-18)12-22(31-27(21)34)20-13-29-26-19(20)10-7-11-33(26)23-16-37-17-24(23)35/h4-14,23-24,35H,3,15-17H2,1-2H3/t23?,24-/m0/s1. The number of aromatic nitrogens is 5. The zero-order valence-corrected chi connectivity index (χ0v) is 21.2. The van der Waals surface area contributed by atoms with Crippen molar-refractivity contribution in [3.63, 3.8) is 0 Å². The van der Waals surface area contributed by atoms with E-state index in [-0.39, 0.29) is 12.6 Å². The number of carbonyl (C=O) groups excluding carboxylic acids is 1. The highest BCUT2D eigenvalue weighted by Crippen LogP contribution is 2.37. The van der Waals surface area contributed by atoms with Crippen LogP contribution in [0, 0.1) is 0 Å². The van der Waals surface area contributed by atoms with E-state index in [9.17, 15) is 9.90 Å². The van der Waals surface area contributed by atoms with Crippen molar-refractivity contribution in [1.82, 2.24) is 24.1 Å². The molecule has 1 N–H and O–H groups in total. The van der Waals surface area contributed by atoms with E-state index < -0.39 is 12.1 Å². The number of aliphatic hydroxyl groups is 1. The van der Waals surface area contributed by atoms with Gasteiger partial charge in [0.05, 0.1) is 37.8 Å². The second-order valence-electron chi connectivity index (χ2n) is 9.35. The summed E-state index contributed by atoms with van der Waals surface area (Å²) in [5, 5.41) is 14.9. The lowest BCUT2D eigenvalue weighted by Gasteiger charge is -2.22. The lowest BCUT2D eigenvalue weighted by Crippen LogP contribution is -2.23. The normalized spacial score (nSPS) is 17.3. The van der Waals surface area contributed by atoms with Crippen molar-refractivity contribution in [2.24, 2.45) is 0 Å². The Bertz CT molecular complexity index is 1560. The number of fused-ring (bicyclic) bond motifs is 2. The molecule has 0 aliphatic carbocycles. The zero-order chi connectivity index (χ0) is 26.2. The van der Waals surface area contributed by atoms with Crippen molar-refractivity contribution in [2.45, 2.75) is 25.6 Å². The summed E-state index contributed by atoms with van der Waals surface area (Å²) in [6, 6.07) is 15.8. The molecule has 0 saturated carbocycles. The Kier molecular flexibility index (Phi) is 6.26. The molecule has 2 atom stereocenters. The first kappa shape index (κ1) is 24.1. The number of aliphatic hydroxyl groups excluding tert-OH is 1. The summed E-state index contributed by atoms with van der Waals surface area (Å²) in [5.41, 5.74) is 4.20. The monoisotopic (exact) mass is 512 g/mol. The number of anilines is 1. The molecule has 10 nitrogen and oxygen atoms in total. The van der Waals surface area contributed by atoms with E-state index >= 15 is 0 Å². The molecule has 1 aromatic carbocycles. The van der Waals surface area contributed by atoms with Crippen LogP contribution in [0.2, 0.25) is 0 Å². The fourth-order valence-corrected chi connectivity index (χ4v) is 4.97. The molecule has 38 heavy (non-hydrogen) atoms. The summed E-state index contributed by atoms with van der Waals surface area (Å²) in [4.78, 5) is 24.4. The van der Waals surface area contributed by atoms with Crippen LogP contribution >= 0.6 is 0 Å². The third kappa shape index (κ3) is 4.17. The van der Waals surface area contributed by atoms with Gasteiger partial charge in [-0.1, -0.05) is 30.3 Å². The molecule has 5 heterocycles. The van der Waals surface area contributed by atoms with Gasteiger partial charge in [-0.2, -0.15) is 9.61 Å². The molecule has 0 radical (unpaired) electrons. The van der Waals surface area contributed by atoms with Crippen molar-refractivity contribution in [2.75, 3.05) is 31.8 Å². The molecule has 1 unspecified atom stereocenters. The van der Waals surface area contributed by atoms with Crippen molar-refractivity contribution >= 4 is 17.4 Å². The molecule has 0 spiro atoms. The lowest BCUT2D eigenvalue weighted by molar-refractivity contribution is 0.0528. The zero-order valence-electron chi connectivity index (χ0n) is 21.2. The fraction of sp³-hybridized carbons (Fsp3) is 0.286. The minimum atomic E-state index is -0.600. The molecule has 3 aromatic rings. The van der Waals surface area contributed by atoms with E-state index in [2.05, 4.69) is 22.1 Å². The van der Waals surface area contributed by atoms with Crippen LogP contribution in [0.15, 0.2) is 67.1 Å². The predicted molar refractivity (Wildman–Crippen MR) is 141 cm³/mol. The highest BCUT2D eigenvalue weighted by atomic mass is 16.5. The minimum Gasteiger partial charge on any atom is -0.462 e. The van der Waals surface area contributed by atoms with E-state index in [0.717, 1.165) is 28.3 Å². The molecular formula is C28H28N6O4. The van der Waals surface area contributed by atoms with Gasteiger partial charge in [-0.3, -0.25) is 0 Å². The Morgan fingerprint density at radius 1 is 1.16 bits per heavy atom. The summed E-state index contributed by atoms with van der Waals surface area (Å²) in [6.07, 6.45) is 4.59. The molecule has 1 saturated heterocycles. The number of benzene rings is 1. The first-order valence-corrected chi connectivity index (χ1v) is 12.6. The smallest absolute Gasteiger partial charge is 0.343 e.